The zero-order chi connectivity index (χ0) is 12.3. The van der Waals surface area contributed by atoms with E-state index in [9.17, 15) is 4.39 Å². The normalized spacial score (nSPS) is 13.7. The zero-order valence-corrected chi connectivity index (χ0v) is 9.53. The van der Waals surface area contributed by atoms with E-state index in [0.29, 0.717) is 5.02 Å². The highest BCUT2D eigenvalue weighted by molar-refractivity contribution is 6.30. The van der Waals surface area contributed by atoms with E-state index in [1.807, 2.05) is 0 Å². The molecule has 0 spiro atoms. The van der Waals surface area contributed by atoms with Gasteiger partial charge in [0.1, 0.15) is 6.07 Å². The summed E-state index contributed by atoms with van der Waals surface area (Å²) >= 11 is 5.73. The molecule has 2 rings (SSSR count). The summed E-state index contributed by atoms with van der Waals surface area (Å²) in [4.78, 5) is 3.89. The van der Waals surface area contributed by atoms with Gasteiger partial charge in [-0.2, -0.15) is 5.26 Å². The summed E-state index contributed by atoms with van der Waals surface area (Å²) in [7, 11) is 0. The molecule has 17 heavy (non-hydrogen) atoms. The van der Waals surface area contributed by atoms with Gasteiger partial charge < -0.3 is 0 Å². The maximum atomic E-state index is 14.7. The molecular formula is C13H8ClFN2. The number of benzene rings is 1. The molecule has 0 bridgehead atoms. The van der Waals surface area contributed by atoms with Crippen LogP contribution in [0.5, 0.6) is 0 Å². The average molecular weight is 247 g/mol. The Hall–Kier alpha value is -1.92. The fourth-order valence-corrected chi connectivity index (χ4v) is 1.64. The Labute approximate surface area is 103 Å². The number of aromatic nitrogens is 1. The first kappa shape index (κ1) is 11.6. The molecule has 84 valence electrons. The fourth-order valence-electron chi connectivity index (χ4n) is 1.52. The van der Waals surface area contributed by atoms with Crippen molar-refractivity contribution in [1.29, 1.82) is 5.26 Å². The Bertz CT molecular complexity index is 548. The molecule has 0 aliphatic carbocycles. The Balaban J connectivity index is 2.53. The van der Waals surface area contributed by atoms with Crippen LogP contribution >= 0.6 is 11.6 Å². The van der Waals surface area contributed by atoms with Gasteiger partial charge in [0.15, 0.2) is 0 Å². The topological polar surface area (TPSA) is 36.7 Å². The predicted molar refractivity (Wildman–Crippen MR) is 63.2 cm³/mol. The second-order valence-electron chi connectivity index (χ2n) is 3.49. The maximum absolute atomic E-state index is 14.7. The lowest BCUT2D eigenvalue weighted by Gasteiger charge is -2.17. The van der Waals surface area contributed by atoms with Crippen molar-refractivity contribution in [3.05, 3.63) is 64.9 Å². The van der Waals surface area contributed by atoms with Crippen LogP contribution in [0.1, 0.15) is 11.3 Å². The van der Waals surface area contributed by atoms with Crippen LogP contribution in [-0.2, 0) is 5.67 Å². The number of alkyl halides is 1. The van der Waals surface area contributed by atoms with Crippen molar-refractivity contribution >= 4 is 11.6 Å². The lowest BCUT2D eigenvalue weighted by Crippen LogP contribution is -2.20. The molecule has 1 atom stereocenters. The van der Waals surface area contributed by atoms with E-state index < -0.39 is 5.67 Å². The van der Waals surface area contributed by atoms with Gasteiger partial charge in [0.25, 0.3) is 5.67 Å². The van der Waals surface area contributed by atoms with Gasteiger partial charge in [-0.05, 0) is 24.3 Å². The third-order valence-electron chi connectivity index (χ3n) is 2.41. The Morgan fingerprint density at radius 3 is 2.41 bits per heavy atom. The SMILES string of the molecule is N#CC(F)(c1ccc(Cl)cc1)c1ccccn1. The molecule has 0 amide bonds. The molecule has 0 aliphatic heterocycles. The third-order valence-corrected chi connectivity index (χ3v) is 2.67. The molecule has 2 aromatic rings. The van der Waals surface area contributed by atoms with Crippen LogP contribution < -0.4 is 0 Å². The van der Waals surface area contributed by atoms with E-state index in [2.05, 4.69) is 4.98 Å². The monoisotopic (exact) mass is 246 g/mol. The van der Waals surface area contributed by atoms with Gasteiger partial charge in [-0.15, -0.1) is 0 Å². The van der Waals surface area contributed by atoms with Crippen LogP contribution in [0.3, 0.4) is 0 Å². The zero-order valence-electron chi connectivity index (χ0n) is 8.77. The van der Waals surface area contributed by atoms with E-state index in [4.69, 9.17) is 16.9 Å². The van der Waals surface area contributed by atoms with Crippen LogP contribution in [-0.4, -0.2) is 4.98 Å². The first-order chi connectivity index (χ1) is 8.16. The van der Waals surface area contributed by atoms with Crippen molar-refractivity contribution in [3.8, 4) is 6.07 Å². The Morgan fingerprint density at radius 2 is 1.88 bits per heavy atom. The summed E-state index contributed by atoms with van der Waals surface area (Å²) < 4.78 is 14.7. The molecule has 0 aliphatic rings. The van der Waals surface area contributed by atoms with Crippen LogP contribution in [0, 0.1) is 11.3 Å². The number of hydrogen-bond acceptors (Lipinski definition) is 2. The number of rotatable bonds is 2. The van der Waals surface area contributed by atoms with Crippen molar-refractivity contribution in [1.82, 2.24) is 4.98 Å². The molecule has 0 saturated heterocycles. The highest BCUT2D eigenvalue weighted by Gasteiger charge is 2.35. The summed E-state index contributed by atoms with van der Waals surface area (Å²) in [5, 5.41) is 9.56. The standard InChI is InChI=1S/C13H8ClFN2/c14-11-6-4-10(5-7-11)13(15,9-16)12-3-1-2-8-17-12/h1-8H. The molecule has 0 N–H and O–H groups in total. The molecule has 2 nitrogen and oxygen atoms in total. The number of pyridine rings is 1. The minimum atomic E-state index is -2.24. The summed E-state index contributed by atoms with van der Waals surface area (Å²) in [5.74, 6) is 0. The highest BCUT2D eigenvalue weighted by Crippen LogP contribution is 2.32. The molecular weight excluding hydrogens is 239 g/mol. The largest absolute Gasteiger partial charge is 0.262 e. The molecule has 1 heterocycles. The van der Waals surface area contributed by atoms with Crippen LogP contribution in [0.4, 0.5) is 4.39 Å². The van der Waals surface area contributed by atoms with Crippen LogP contribution in [0.2, 0.25) is 5.02 Å². The smallest absolute Gasteiger partial charge is 0.256 e. The molecule has 1 aromatic heterocycles. The minimum Gasteiger partial charge on any atom is -0.256 e. The van der Waals surface area contributed by atoms with Crippen LogP contribution in [0.25, 0.3) is 0 Å². The average Bonchev–Trinajstić information content (AvgIpc) is 2.40. The van der Waals surface area contributed by atoms with E-state index in [-0.39, 0.29) is 11.3 Å². The van der Waals surface area contributed by atoms with E-state index in [0.717, 1.165) is 0 Å². The van der Waals surface area contributed by atoms with E-state index in [1.54, 1.807) is 30.3 Å². The lowest BCUT2D eigenvalue weighted by molar-refractivity contribution is 0.296. The fraction of sp³-hybridized carbons (Fsp3) is 0.0769. The number of nitriles is 1. The third kappa shape index (κ3) is 2.13. The first-order valence-electron chi connectivity index (χ1n) is 4.94. The summed E-state index contributed by atoms with van der Waals surface area (Å²) in [5.41, 5.74) is -1.95. The number of hydrogen-bond donors (Lipinski definition) is 0. The van der Waals surface area contributed by atoms with E-state index in [1.165, 1.54) is 24.4 Å². The summed E-state index contributed by atoms with van der Waals surface area (Å²) in [6.45, 7) is 0. The van der Waals surface area contributed by atoms with Gasteiger partial charge in [-0.3, -0.25) is 4.98 Å². The van der Waals surface area contributed by atoms with Crippen molar-refractivity contribution in [3.63, 3.8) is 0 Å². The van der Waals surface area contributed by atoms with Gasteiger partial charge in [0.2, 0.25) is 0 Å². The minimum absolute atomic E-state index is 0.0739. The second-order valence-corrected chi connectivity index (χ2v) is 3.93. The van der Waals surface area contributed by atoms with Gasteiger partial charge in [0.05, 0.1) is 5.69 Å². The lowest BCUT2D eigenvalue weighted by atomic mass is 9.93. The molecule has 0 radical (unpaired) electrons. The molecule has 0 fully saturated rings. The second kappa shape index (κ2) is 4.52. The molecule has 1 aromatic carbocycles. The molecule has 0 saturated carbocycles. The number of nitrogens with zero attached hydrogens (tertiary/aromatic N) is 2. The first-order valence-corrected chi connectivity index (χ1v) is 5.32. The molecule has 4 heteroatoms. The van der Waals surface area contributed by atoms with Gasteiger partial charge in [0, 0.05) is 16.8 Å². The van der Waals surface area contributed by atoms with E-state index >= 15 is 0 Å². The van der Waals surface area contributed by atoms with Gasteiger partial charge >= 0.3 is 0 Å². The predicted octanol–water partition coefficient (Wildman–Crippen LogP) is 3.47. The van der Waals surface area contributed by atoms with Crippen molar-refractivity contribution in [2.24, 2.45) is 0 Å². The summed E-state index contributed by atoms with van der Waals surface area (Å²) in [6, 6.07) is 12.5. The van der Waals surface area contributed by atoms with Gasteiger partial charge in [-0.25, -0.2) is 4.39 Å². The Kier molecular flexibility index (Phi) is 3.08. The Morgan fingerprint density at radius 1 is 1.18 bits per heavy atom. The number of halogens is 2. The quantitative estimate of drug-likeness (QED) is 0.814. The summed E-state index contributed by atoms with van der Waals surface area (Å²) in [6.07, 6.45) is 1.46. The van der Waals surface area contributed by atoms with Crippen molar-refractivity contribution in [2.75, 3.05) is 0 Å². The van der Waals surface area contributed by atoms with Gasteiger partial charge in [-0.1, -0.05) is 29.8 Å². The van der Waals surface area contributed by atoms with Crippen molar-refractivity contribution in [2.45, 2.75) is 5.67 Å². The van der Waals surface area contributed by atoms with Crippen molar-refractivity contribution < 1.29 is 4.39 Å². The van der Waals surface area contributed by atoms with Crippen LogP contribution in [0.15, 0.2) is 48.7 Å². The highest BCUT2D eigenvalue weighted by atomic mass is 35.5. The maximum Gasteiger partial charge on any atom is 0.262 e. The molecule has 1 unspecified atom stereocenters.